The first kappa shape index (κ1) is 19.8. The second-order valence-corrected chi connectivity index (χ2v) is 8.36. The maximum absolute atomic E-state index is 12.8. The van der Waals surface area contributed by atoms with Crippen LogP contribution in [0.5, 0.6) is 5.75 Å². The van der Waals surface area contributed by atoms with E-state index in [2.05, 4.69) is 5.32 Å². The Morgan fingerprint density at radius 1 is 0.964 bits per heavy atom. The van der Waals surface area contributed by atoms with E-state index in [0.29, 0.717) is 5.69 Å². The van der Waals surface area contributed by atoms with Crippen LogP contribution in [-0.4, -0.2) is 60.7 Å². The third kappa shape index (κ3) is 4.15. The third-order valence-electron chi connectivity index (χ3n) is 4.47. The number of hydrogen-bond donors (Lipinski definition) is 2. The summed E-state index contributed by atoms with van der Waals surface area (Å²) in [5, 5.41) is 12.4. The van der Waals surface area contributed by atoms with Gasteiger partial charge >= 0.3 is 0 Å². The van der Waals surface area contributed by atoms with Crippen LogP contribution in [0.4, 0.5) is 5.69 Å². The molecule has 9 heteroatoms. The van der Waals surface area contributed by atoms with Gasteiger partial charge in [-0.25, -0.2) is 8.42 Å². The van der Waals surface area contributed by atoms with Gasteiger partial charge in [0.15, 0.2) is 0 Å². The number of carbonyl (C=O) groups excluding carboxylic acids is 2. The predicted molar refractivity (Wildman–Crippen MR) is 104 cm³/mol. The minimum absolute atomic E-state index is 0.0955. The number of anilines is 1. The molecule has 2 amide bonds. The molecule has 0 atom stereocenters. The van der Waals surface area contributed by atoms with Gasteiger partial charge in [-0.1, -0.05) is 12.1 Å². The average molecular weight is 403 g/mol. The molecule has 148 valence electrons. The number of sulfonamides is 1. The molecule has 8 nitrogen and oxygen atoms in total. The SMILES string of the molecule is CC(=O)Nc1ccc(S(=O)(=O)N2CCN(C(=O)c3ccccc3O)CC2)cc1. The number of nitrogens with one attached hydrogen (secondary N) is 1. The Morgan fingerprint density at radius 2 is 1.57 bits per heavy atom. The predicted octanol–water partition coefficient (Wildman–Crippen LogP) is 1.50. The van der Waals surface area contributed by atoms with Crippen LogP contribution in [0.25, 0.3) is 0 Å². The van der Waals surface area contributed by atoms with E-state index >= 15 is 0 Å². The molecule has 2 aromatic rings. The molecular weight excluding hydrogens is 382 g/mol. The normalized spacial score (nSPS) is 15.2. The van der Waals surface area contributed by atoms with Crippen LogP contribution in [0.3, 0.4) is 0 Å². The van der Waals surface area contributed by atoms with Crippen molar-refractivity contribution in [3.63, 3.8) is 0 Å². The molecule has 1 aliphatic heterocycles. The van der Waals surface area contributed by atoms with Gasteiger partial charge in [-0.2, -0.15) is 4.31 Å². The molecule has 2 aromatic carbocycles. The molecule has 0 aliphatic carbocycles. The number of para-hydroxylation sites is 1. The first-order valence-corrected chi connectivity index (χ1v) is 10.2. The first-order chi connectivity index (χ1) is 13.3. The van der Waals surface area contributed by atoms with Crippen molar-refractivity contribution in [2.45, 2.75) is 11.8 Å². The Balaban J connectivity index is 1.67. The highest BCUT2D eigenvalue weighted by atomic mass is 32.2. The van der Waals surface area contributed by atoms with Gasteiger partial charge in [0.05, 0.1) is 10.5 Å². The number of amides is 2. The highest BCUT2D eigenvalue weighted by molar-refractivity contribution is 7.89. The van der Waals surface area contributed by atoms with E-state index in [0.717, 1.165) is 0 Å². The fourth-order valence-corrected chi connectivity index (χ4v) is 4.44. The van der Waals surface area contributed by atoms with Crippen LogP contribution in [0.15, 0.2) is 53.4 Å². The third-order valence-corrected chi connectivity index (χ3v) is 6.39. The van der Waals surface area contributed by atoms with Gasteiger partial charge in [0.2, 0.25) is 15.9 Å². The Hall–Kier alpha value is -2.91. The van der Waals surface area contributed by atoms with E-state index in [4.69, 9.17) is 0 Å². The minimum atomic E-state index is -3.70. The molecule has 28 heavy (non-hydrogen) atoms. The second-order valence-electron chi connectivity index (χ2n) is 6.42. The summed E-state index contributed by atoms with van der Waals surface area (Å²) in [4.78, 5) is 25.3. The lowest BCUT2D eigenvalue weighted by molar-refractivity contribution is -0.114. The molecule has 1 aliphatic rings. The molecule has 0 bridgehead atoms. The highest BCUT2D eigenvalue weighted by Crippen LogP contribution is 2.22. The second kappa shape index (κ2) is 7.99. The maximum atomic E-state index is 12.8. The van der Waals surface area contributed by atoms with Crippen molar-refractivity contribution in [1.82, 2.24) is 9.21 Å². The Morgan fingerprint density at radius 3 is 2.14 bits per heavy atom. The Bertz CT molecular complexity index is 981. The van der Waals surface area contributed by atoms with Crippen LogP contribution in [0.2, 0.25) is 0 Å². The van der Waals surface area contributed by atoms with Crippen LogP contribution < -0.4 is 5.32 Å². The van der Waals surface area contributed by atoms with Crippen LogP contribution >= 0.6 is 0 Å². The molecule has 3 rings (SSSR count). The summed E-state index contributed by atoms with van der Waals surface area (Å²) in [5.74, 6) is -0.655. The van der Waals surface area contributed by atoms with Crippen molar-refractivity contribution in [2.24, 2.45) is 0 Å². The van der Waals surface area contributed by atoms with E-state index in [-0.39, 0.29) is 54.2 Å². The molecule has 0 radical (unpaired) electrons. The van der Waals surface area contributed by atoms with Gasteiger partial charge < -0.3 is 15.3 Å². The number of aromatic hydroxyl groups is 1. The molecule has 1 saturated heterocycles. The Labute approximate surface area is 163 Å². The summed E-state index contributed by atoms with van der Waals surface area (Å²) in [6.07, 6.45) is 0. The summed E-state index contributed by atoms with van der Waals surface area (Å²) in [6.45, 7) is 2.16. The summed E-state index contributed by atoms with van der Waals surface area (Å²) < 4.78 is 27.0. The lowest BCUT2D eigenvalue weighted by atomic mass is 10.1. The number of carbonyl (C=O) groups is 2. The van der Waals surface area contributed by atoms with Crippen molar-refractivity contribution in [3.05, 3.63) is 54.1 Å². The van der Waals surface area contributed by atoms with Crippen LogP contribution in [0.1, 0.15) is 17.3 Å². The van der Waals surface area contributed by atoms with Gasteiger partial charge in [-0.15, -0.1) is 0 Å². The highest BCUT2D eigenvalue weighted by Gasteiger charge is 2.31. The zero-order chi connectivity index (χ0) is 20.3. The zero-order valence-corrected chi connectivity index (χ0v) is 16.1. The van der Waals surface area contributed by atoms with Crippen molar-refractivity contribution >= 4 is 27.5 Å². The number of rotatable bonds is 4. The van der Waals surface area contributed by atoms with Gasteiger partial charge in [0, 0.05) is 38.8 Å². The fraction of sp³-hybridized carbons (Fsp3) is 0.263. The molecule has 0 spiro atoms. The first-order valence-electron chi connectivity index (χ1n) is 8.74. The van der Waals surface area contributed by atoms with Crippen molar-refractivity contribution in [1.29, 1.82) is 0 Å². The van der Waals surface area contributed by atoms with Crippen molar-refractivity contribution in [2.75, 3.05) is 31.5 Å². The smallest absolute Gasteiger partial charge is 0.257 e. The van der Waals surface area contributed by atoms with E-state index in [9.17, 15) is 23.1 Å². The number of phenolic OH excluding ortho intramolecular Hbond substituents is 1. The van der Waals surface area contributed by atoms with Gasteiger partial charge in [0.25, 0.3) is 5.91 Å². The quantitative estimate of drug-likeness (QED) is 0.805. The lowest BCUT2D eigenvalue weighted by Crippen LogP contribution is -2.50. The van der Waals surface area contributed by atoms with Crippen molar-refractivity contribution < 1.29 is 23.1 Å². The van der Waals surface area contributed by atoms with E-state index < -0.39 is 10.0 Å². The van der Waals surface area contributed by atoms with Crippen molar-refractivity contribution in [3.8, 4) is 5.75 Å². The molecule has 0 aromatic heterocycles. The zero-order valence-electron chi connectivity index (χ0n) is 15.3. The molecule has 0 saturated carbocycles. The summed E-state index contributed by atoms with van der Waals surface area (Å²) >= 11 is 0. The number of hydrogen-bond acceptors (Lipinski definition) is 5. The van der Waals surface area contributed by atoms with Gasteiger partial charge in [-0.05, 0) is 36.4 Å². The maximum Gasteiger partial charge on any atom is 0.257 e. The fourth-order valence-electron chi connectivity index (χ4n) is 3.02. The molecule has 1 heterocycles. The van der Waals surface area contributed by atoms with Crippen LogP contribution in [0, 0.1) is 0 Å². The van der Waals surface area contributed by atoms with Gasteiger partial charge in [-0.3, -0.25) is 9.59 Å². The summed E-state index contributed by atoms with van der Waals surface area (Å²) in [5.41, 5.74) is 0.719. The molecule has 0 unspecified atom stereocenters. The van der Waals surface area contributed by atoms with E-state index in [1.807, 2.05) is 0 Å². The average Bonchev–Trinajstić information content (AvgIpc) is 2.68. The number of benzene rings is 2. The van der Waals surface area contributed by atoms with Crippen LogP contribution in [-0.2, 0) is 14.8 Å². The largest absolute Gasteiger partial charge is 0.507 e. The topological polar surface area (TPSA) is 107 Å². The lowest BCUT2D eigenvalue weighted by Gasteiger charge is -2.34. The molecule has 2 N–H and O–H groups in total. The van der Waals surface area contributed by atoms with E-state index in [1.54, 1.807) is 12.1 Å². The Kier molecular flexibility index (Phi) is 5.66. The van der Waals surface area contributed by atoms with Gasteiger partial charge in [0.1, 0.15) is 5.75 Å². The number of nitrogens with zero attached hydrogens (tertiary/aromatic N) is 2. The molecular formula is C19H21N3O5S. The number of phenols is 1. The summed E-state index contributed by atoms with van der Waals surface area (Å²) in [6, 6.07) is 12.2. The summed E-state index contributed by atoms with van der Waals surface area (Å²) in [7, 11) is -3.70. The number of piperazine rings is 1. The van der Waals surface area contributed by atoms with E-state index in [1.165, 1.54) is 52.5 Å². The monoisotopic (exact) mass is 403 g/mol. The standard InChI is InChI=1S/C19H21N3O5S/c1-14(23)20-15-6-8-16(9-7-15)28(26,27)22-12-10-21(11-13-22)19(25)17-4-2-3-5-18(17)24/h2-9,24H,10-13H2,1H3,(H,20,23). The minimum Gasteiger partial charge on any atom is -0.507 e. The molecule has 1 fully saturated rings.